The normalized spacial score (nSPS) is 22.2. The summed E-state index contributed by atoms with van der Waals surface area (Å²) >= 11 is 0. The Balaban J connectivity index is 1.68. The highest BCUT2D eigenvalue weighted by Crippen LogP contribution is 2.36. The molecule has 1 amide bonds. The Morgan fingerprint density at radius 3 is 2.80 bits per heavy atom. The molecule has 0 unspecified atom stereocenters. The molecule has 0 aromatic carbocycles. The summed E-state index contributed by atoms with van der Waals surface area (Å²) in [5, 5.41) is 10.8. The summed E-state index contributed by atoms with van der Waals surface area (Å²) in [4.78, 5) is 11.5. The van der Waals surface area contributed by atoms with Crippen LogP contribution < -0.4 is 11.1 Å². The van der Waals surface area contributed by atoms with E-state index in [4.69, 9.17) is 10.5 Å². The summed E-state index contributed by atoms with van der Waals surface area (Å²) in [6.07, 6.45) is 3.52. The summed E-state index contributed by atoms with van der Waals surface area (Å²) in [5.74, 6) is 0.470. The van der Waals surface area contributed by atoms with Crippen molar-refractivity contribution in [1.29, 1.82) is 0 Å². The molecule has 1 fully saturated rings. The number of alkyl carbamates (subject to hydrolysis) is 1. The first kappa shape index (κ1) is 14.8. The molecule has 7 heteroatoms. The van der Waals surface area contributed by atoms with Crippen molar-refractivity contribution in [2.75, 3.05) is 6.54 Å². The van der Waals surface area contributed by atoms with E-state index in [-0.39, 0.29) is 6.09 Å². The number of amides is 1. The maximum absolute atomic E-state index is 11.5. The minimum Gasteiger partial charge on any atom is -0.444 e. The van der Waals surface area contributed by atoms with Crippen molar-refractivity contribution in [1.82, 2.24) is 20.3 Å². The fourth-order valence-electron chi connectivity index (χ4n) is 2.21. The summed E-state index contributed by atoms with van der Waals surface area (Å²) < 4.78 is 7.06. The fraction of sp³-hybridized carbons (Fsp3) is 0.769. The third-order valence-electron chi connectivity index (χ3n) is 3.29. The van der Waals surface area contributed by atoms with Crippen LogP contribution in [0.5, 0.6) is 0 Å². The summed E-state index contributed by atoms with van der Waals surface area (Å²) in [6, 6.07) is 0.369. The Labute approximate surface area is 118 Å². The van der Waals surface area contributed by atoms with Crippen molar-refractivity contribution in [2.24, 2.45) is 11.7 Å². The van der Waals surface area contributed by atoms with E-state index in [1.54, 1.807) is 0 Å². The van der Waals surface area contributed by atoms with E-state index in [1.165, 1.54) is 0 Å². The zero-order valence-electron chi connectivity index (χ0n) is 12.3. The maximum Gasteiger partial charge on any atom is 0.407 e. The lowest BCUT2D eigenvalue weighted by Gasteiger charge is -2.35. The fourth-order valence-corrected chi connectivity index (χ4v) is 2.21. The standard InChI is InChI=1S/C13H23N5O2/c1-13(2,3)20-12(19)15-7-9-4-11(5-9)18-8-10(6-14)16-17-18/h8-9,11H,4-7,14H2,1-3H3,(H,15,19). The lowest BCUT2D eigenvalue weighted by atomic mass is 9.80. The molecule has 1 aliphatic carbocycles. The SMILES string of the molecule is CC(C)(C)OC(=O)NCC1CC(n2cc(CN)nn2)C1. The Morgan fingerprint density at radius 1 is 1.55 bits per heavy atom. The van der Waals surface area contributed by atoms with Crippen molar-refractivity contribution in [3.63, 3.8) is 0 Å². The van der Waals surface area contributed by atoms with Crippen LogP contribution in [-0.2, 0) is 11.3 Å². The quantitative estimate of drug-likeness (QED) is 0.865. The van der Waals surface area contributed by atoms with Gasteiger partial charge in [-0.15, -0.1) is 5.10 Å². The average Bonchev–Trinajstić information content (AvgIpc) is 2.72. The van der Waals surface area contributed by atoms with Crippen molar-refractivity contribution < 1.29 is 9.53 Å². The van der Waals surface area contributed by atoms with Crippen molar-refractivity contribution >= 4 is 6.09 Å². The van der Waals surface area contributed by atoms with E-state index in [0.29, 0.717) is 25.0 Å². The van der Waals surface area contributed by atoms with Gasteiger partial charge in [-0.25, -0.2) is 9.48 Å². The maximum atomic E-state index is 11.5. The van der Waals surface area contributed by atoms with Gasteiger partial charge in [-0.05, 0) is 39.5 Å². The number of aromatic nitrogens is 3. The largest absolute Gasteiger partial charge is 0.444 e. The predicted molar refractivity (Wildman–Crippen MR) is 73.9 cm³/mol. The van der Waals surface area contributed by atoms with Gasteiger partial charge in [0.15, 0.2) is 0 Å². The van der Waals surface area contributed by atoms with E-state index in [1.807, 2.05) is 31.6 Å². The molecule has 7 nitrogen and oxygen atoms in total. The first-order valence-corrected chi connectivity index (χ1v) is 6.95. The molecule has 0 saturated heterocycles. The van der Waals surface area contributed by atoms with Crippen molar-refractivity contribution in [3.05, 3.63) is 11.9 Å². The van der Waals surface area contributed by atoms with E-state index < -0.39 is 5.60 Å². The second-order valence-electron chi connectivity index (χ2n) is 6.27. The Bertz CT molecular complexity index is 460. The van der Waals surface area contributed by atoms with E-state index in [2.05, 4.69) is 15.6 Å². The van der Waals surface area contributed by atoms with Crippen LogP contribution in [0.4, 0.5) is 4.79 Å². The van der Waals surface area contributed by atoms with Gasteiger partial charge in [0.25, 0.3) is 0 Å². The third kappa shape index (κ3) is 3.93. The lowest BCUT2D eigenvalue weighted by Crippen LogP contribution is -2.39. The van der Waals surface area contributed by atoms with Crippen LogP contribution in [0.25, 0.3) is 0 Å². The Morgan fingerprint density at radius 2 is 2.25 bits per heavy atom. The molecule has 1 aromatic heterocycles. The number of ether oxygens (including phenoxy) is 1. The van der Waals surface area contributed by atoms with Crippen molar-refractivity contribution in [3.8, 4) is 0 Å². The minimum atomic E-state index is -0.453. The molecule has 1 saturated carbocycles. The molecular formula is C13H23N5O2. The molecule has 112 valence electrons. The average molecular weight is 281 g/mol. The molecular weight excluding hydrogens is 258 g/mol. The van der Waals surface area contributed by atoms with Gasteiger partial charge in [0.1, 0.15) is 5.60 Å². The number of nitrogens with two attached hydrogens (primary N) is 1. The van der Waals surface area contributed by atoms with Crippen LogP contribution >= 0.6 is 0 Å². The molecule has 1 aromatic rings. The molecule has 0 aliphatic heterocycles. The van der Waals surface area contributed by atoms with Crippen LogP contribution in [0.1, 0.15) is 45.3 Å². The topological polar surface area (TPSA) is 95.1 Å². The Hall–Kier alpha value is -1.63. The zero-order chi connectivity index (χ0) is 14.8. The summed E-state index contributed by atoms with van der Waals surface area (Å²) in [7, 11) is 0. The predicted octanol–water partition coefficient (Wildman–Crippen LogP) is 1.21. The van der Waals surface area contributed by atoms with Crippen LogP contribution in [0.15, 0.2) is 6.20 Å². The highest BCUT2D eigenvalue weighted by Gasteiger charge is 2.31. The third-order valence-corrected chi connectivity index (χ3v) is 3.29. The van der Waals surface area contributed by atoms with Gasteiger partial charge < -0.3 is 15.8 Å². The van der Waals surface area contributed by atoms with Gasteiger partial charge in [0.05, 0.1) is 17.9 Å². The Kier molecular flexibility index (Phi) is 4.27. The molecule has 0 atom stereocenters. The minimum absolute atomic E-state index is 0.355. The number of carbonyl (C=O) groups is 1. The number of carbonyl (C=O) groups excluding carboxylic acids is 1. The van der Waals surface area contributed by atoms with Gasteiger partial charge in [-0.1, -0.05) is 5.21 Å². The monoisotopic (exact) mass is 281 g/mol. The van der Waals surface area contributed by atoms with E-state index in [0.717, 1.165) is 18.5 Å². The number of nitrogens with one attached hydrogen (secondary N) is 1. The highest BCUT2D eigenvalue weighted by molar-refractivity contribution is 5.67. The van der Waals surface area contributed by atoms with Crippen molar-refractivity contribution in [2.45, 2.75) is 51.8 Å². The molecule has 0 spiro atoms. The first-order chi connectivity index (χ1) is 9.37. The first-order valence-electron chi connectivity index (χ1n) is 6.95. The zero-order valence-corrected chi connectivity index (χ0v) is 12.3. The van der Waals surface area contributed by atoms with E-state index >= 15 is 0 Å². The van der Waals surface area contributed by atoms with Gasteiger partial charge in [-0.3, -0.25) is 0 Å². The van der Waals surface area contributed by atoms with Gasteiger partial charge in [0, 0.05) is 13.1 Å². The molecule has 3 N–H and O–H groups in total. The number of nitrogens with zero attached hydrogens (tertiary/aromatic N) is 3. The summed E-state index contributed by atoms with van der Waals surface area (Å²) in [5.41, 5.74) is 5.86. The summed E-state index contributed by atoms with van der Waals surface area (Å²) in [6.45, 7) is 6.61. The molecule has 0 radical (unpaired) electrons. The van der Waals surface area contributed by atoms with Crippen LogP contribution in [0.2, 0.25) is 0 Å². The van der Waals surface area contributed by atoms with Gasteiger partial charge in [-0.2, -0.15) is 0 Å². The van der Waals surface area contributed by atoms with Gasteiger partial charge >= 0.3 is 6.09 Å². The molecule has 1 aliphatic rings. The highest BCUT2D eigenvalue weighted by atomic mass is 16.6. The van der Waals surface area contributed by atoms with Gasteiger partial charge in [0.2, 0.25) is 0 Å². The van der Waals surface area contributed by atoms with Crippen LogP contribution in [0, 0.1) is 5.92 Å². The van der Waals surface area contributed by atoms with E-state index in [9.17, 15) is 4.79 Å². The number of hydrogen-bond acceptors (Lipinski definition) is 5. The lowest BCUT2D eigenvalue weighted by molar-refractivity contribution is 0.0497. The second-order valence-corrected chi connectivity index (χ2v) is 6.27. The van der Waals surface area contributed by atoms with Crippen LogP contribution in [-0.4, -0.2) is 33.2 Å². The number of rotatable bonds is 4. The molecule has 2 rings (SSSR count). The second kappa shape index (κ2) is 5.78. The smallest absolute Gasteiger partial charge is 0.407 e. The molecule has 0 bridgehead atoms. The van der Waals surface area contributed by atoms with Crippen LogP contribution in [0.3, 0.4) is 0 Å². The molecule has 1 heterocycles. The number of hydrogen-bond donors (Lipinski definition) is 2. The molecule has 20 heavy (non-hydrogen) atoms.